The molecule has 0 heterocycles. The topological polar surface area (TPSA) is 40.9 Å². The van der Waals surface area contributed by atoms with Crippen molar-refractivity contribution < 1.29 is 4.79 Å². The largest absolute Gasteiger partial charge is 0.295 e. The molecule has 2 nitrogen and oxygen atoms in total. The van der Waals surface area contributed by atoms with Gasteiger partial charge in [-0.1, -0.05) is 91.0 Å². The lowest BCUT2D eigenvalue weighted by atomic mass is 10.2. The van der Waals surface area contributed by atoms with Crippen molar-refractivity contribution >= 4 is 33.9 Å². The normalized spacial score (nSPS) is 10.8. The third-order valence-electron chi connectivity index (χ3n) is 4.49. The molecule has 128 valence electrons. The molecule has 0 fully saturated rings. The zero-order chi connectivity index (χ0) is 18.4. The fourth-order valence-corrected chi connectivity index (χ4v) is 7.89. The Morgan fingerprint density at radius 2 is 1.12 bits per heavy atom. The minimum atomic E-state index is -2.39. The Morgan fingerprint density at radius 3 is 1.38 bits per heavy atom. The highest BCUT2D eigenvalue weighted by Crippen LogP contribution is 2.46. The number of rotatable bonds is 5. The average molecular weight is 357 g/mol. The Bertz CT molecular complexity index is 883. The first-order valence-corrected chi connectivity index (χ1v) is 10.3. The van der Waals surface area contributed by atoms with Crippen LogP contribution in [0.5, 0.6) is 0 Å². The number of hydrogen-bond donors (Lipinski definition) is 0. The van der Waals surface area contributed by atoms with Crippen molar-refractivity contribution in [1.82, 2.24) is 0 Å². The van der Waals surface area contributed by atoms with Gasteiger partial charge < -0.3 is 0 Å². The summed E-state index contributed by atoms with van der Waals surface area (Å²) in [6.45, 7) is -0.812. The zero-order valence-electron chi connectivity index (χ0n) is 14.7. The molecule has 0 amide bonds. The second kappa shape index (κ2) is 8.00. The fraction of sp³-hybridized carbons (Fsp3) is 0.0870. The van der Waals surface area contributed by atoms with Crippen LogP contribution in [0.25, 0.3) is 0 Å². The first kappa shape index (κ1) is 17.9. The summed E-state index contributed by atoms with van der Waals surface area (Å²) in [6, 6.07) is 32.6. The van der Waals surface area contributed by atoms with Crippen LogP contribution in [0.1, 0.15) is 13.3 Å². The molecule has 0 aromatic heterocycles. The minimum Gasteiger partial charge on any atom is -0.295 e. The standard InChI is InChI=1S/C23H20NOP/c1-19(25)23(17-18-24)26(20-11-5-2-6-12-20,21-13-7-3-8-14-21)22-15-9-4-10-16-22/h2-16H,17H2,1H3. The van der Waals surface area contributed by atoms with Crippen LogP contribution in [0.3, 0.4) is 0 Å². The van der Waals surface area contributed by atoms with E-state index in [4.69, 9.17) is 0 Å². The first-order chi connectivity index (χ1) is 12.7. The third-order valence-corrected chi connectivity index (χ3v) is 8.99. The Morgan fingerprint density at radius 1 is 0.769 bits per heavy atom. The highest BCUT2D eigenvalue weighted by Gasteiger charge is 2.31. The number of Topliss-reactive ketones (excluding diaryl/α,β-unsaturated/α-hetero) is 1. The number of carbonyl (C=O) groups excluding carboxylic acids is 1. The van der Waals surface area contributed by atoms with Gasteiger partial charge in [-0.15, -0.1) is 0 Å². The molecule has 0 N–H and O–H groups in total. The van der Waals surface area contributed by atoms with Crippen LogP contribution in [0, 0.1) is 11.3 Å². The Kier molecular flexibility index (Phi) is 5.52. The first-order valence-electron chi connectivity index (χ1n) is 8.51. The van der Waals surface area contributed by atoms with E-state index in [-0.39, 0.29) is 12.2 Å². The van der Waals surface area contributed by atoms with Gasteiger partial charge in [-0.3, -0.25) is 4.79 Å². The Balaban J connectivity index is 2.59. The molecule has 3 rings (SSSR count). The predicted octanol–water partition coefficient (Wildman–Crippen LogP) is 3.66. The maximum absolute atomic E-state index is 12.7. The quantitative estimate of drug-likeness (QED) is 0.654. The van der Waals surface area contributed by atoms with Crippen LogP contribution in [0.4, 0.5) is 0 Å². The summed E-state index contributed by atoms with van der Waals surface area (Å²) in [5, 5.41) is 13.5. The second-order valence-electron chi connectivity index (χ2n) is 6.02. The molecule has 0 aliphatic carbocycles. The van der Waals surface area contributed by atoms with Gasteiger partial charge in [0.25, 0.3) is 0 Å². The summed E-state index contributed by atoms with van der Waals surface area (Å²) in [4.78, 5) is 12.7. The molecule has 0 saturated heterocycles. The number of ketones is 1. The summed E-state index contributed by atoms with van der Waals surface area (Å²) in [6.07, 6.45) is 0.127. The summed E-state index contributed by atoms with van der Waals surface area (Å²) >= 11 is 0. The molecule has 0 unspecified atom stereocenters. The lowest BCUT2D eigenvalue weighted by Gasteiger charge is -2.31. The molecule has 0 aliphatic rings. The fourth-order valence-electron chi connectivity index (χ4n) is 3.42. The molecule has 3 heteroatoms. The van der Waals surface area contributed by atoms with Crippen molar-refractivity contribution in [2.24, 2.45) is 0 Å². The Labute approximate surface area is 154 Å². The monoisotopic (exact) mass is 357 g/mol. The van der Waals surface area contributed by atoms with Gasteiger partial charge in [0, 0.05) is 5.29 Å². The lowest BCUT2D eigenvalue weighted by molar-refractivity contribution is -0.111. The molecular formula is C23H20NOP. The van der Waals surface area contributed by atoms with E-state index < -0.39 is 6.89 Å². The van der Waals surface area contributed by atoms with Gasteiger partial charge >= 0.3 is 0 Å². The summed E-state index contributed by atoms with van der Waals surface area (Å²) in [5.41, 5.74) is 0. The highest BCUT2D eigenvalue weighted by molar-refractivity contribution is 7.96. The maximum atomic E-state index is 12.7. The van der Waals surface area contributed by atoms with Crippen LogP contribution >= 0.6 is 6.89 Å². The molecule has 3 aromatic carbocycles. The summed E-state index contributed by atoms with van der Waals surface area (Å²) < 4.78 is 0. The van der Waals surface area contributed by atoms with E-state index in [1.807, 2.05) is 54.6 Å². The van der Waals surface area contributed by atoms with Gasteiger partial charge in [-0.2, -0.15) is 5.26 Å². The van der Waals surface area contributed by atoms with Crippen LogP contribution < -0.4 is 15.9 Å². The van der Waals surface area contributed by atoms with Crippen LogP contribution in [-0.4, -0.2) is 11.1 Å². The van der Waals surface area contributed by atoms with Gasteiger partial charge in [-0.25, -0.2) is 0 Å². The predicted molar refractivity (Wildman–Crippen MR) is 111 cm³/mol. The van der Waals surface area contributed by atoms with E-state index in [2.05, 4.69) is 42.5 Å². The molecule has 26 heavy (non-hydrogen) atoms. The third kappa shape index (κ3) is 3.15. The van der Waals surface area contributed by atoms with Crippen LogP contribution in [0.2, 0.25) is 0 Å². The van der Waals surface area contributed by atoms with Gasteiger partial charge in [-0.05, 0) is 29.7 Å². The lowest BCUT2D eigenvalue weighted by Crippen LogP contribution is -2.32. The molecule has 0 radical (unpaired) electrons. The van der Waals surface area contributed by atoms with Gasteiger partial charge in [0.15, 0.2) is 5.78 Å². The number of hydrogen-bond acceptors (Lipinski definition) is 2. The van der Waals surface area contributed by atoms with Gasteiger partial charge in [0.1, 0.15) is 0 Å². The van der Waals surface area contributed by atoms with Crippen molar-refractivity contribution in [1.29, 1.82) is 5.26 Å². The van der Waals surface area contributed by atoms with E-state index >= 15 is 0 Å². The number of carbonyl (C=O) groups is 1. The van der Waals surface area contributed by atoms with Gasteiger partial charge in [0.05, 0.1) is 12.5 Å². The molecule has 0 atom stereocenters. The Hall–Kier alpha value is -2.88. The average Bonchev–Trinajstić information content (AvgIpc) is 2.70. The zero-order valence-corrected chi connectivity index (χ0v) is 15.6. The minimum absolute atomic E-state index is 0.0172. The summed E-state index contributed by atoms with van der Waals surface area (Å²) in [5.74, 6) is -0.0172. The van der Waals surface area contributed by atoms with E-state index in [1.165, 1.54) is 0 Å². The van der Waals surface area contributed by atoms with E-state index in [0.717, 1.165) is 15.9 Å². The van der Waals surface area contributed by atoms with Gasteiger partial charge in [0.2, 0.25) is 0 Å². The SMILES string of the molecule is CC(=O)C(CC#N)=P(c1ccccc1)(c1ccccc1)c1ccccc1. The second-order valence-corrected chi connectivity index (χ2v) is 9.45. The van der Waals surface area contributed by atoms with Crippen molar-refractivity contribution in [2.45, 2.75) is 13.3 Å². The van der Waals surface area contributed by atoms with E-state index in [1.54, 1.807) is 6.92 Å². The van der Waals surface area contributed by atoms with Crippen molar-refractivity contribution in [3.63, 3.8) is 0 Å². The molecule has 0 saturated carbocycles. The number of benzene rings is 3. The smallest absolute Gasteiger partial charge is 0.157 e. The van der Waals surface area contributed by atoms with Crippen LogP contribution in [0.15, 0.2) is 91.0 Å². The van der Waals surface area contributed by atoms with Crippen molar-refractivity contribution in [3.05, 3.63) is 91.0 Å². The number of nitriles is 1. The number of nitrogens with zero attached hydrogens (tertiary/aromatic N) is 1. The molecule has 0 aliphatic heterocycles. The van der Waals surface area contributed by atoms with Crippen molar-refractivity contribution in [3.8, 4) is 6.07 Å². The van der Waals surface area contributed by atoms with E-state index in [9.17, 15) is 10.1 Å². The molecule has 3 aromatic rings. The molecule has 0 spiro atoms. The van der Waals surface area contributed by atoms with E-state index in [0.29, 0.717) is 5.29 Å². The summed E-state index contributed by atoms with van der Waals surface area (Å²) in [7, 11) is 0. The molecule has 0 bridgehead atoms. The highest BCUT2D eigenvalue weighted by atomic mass is 31.2. The van der Waals surface area contributed by atoms with Crippen molar-refractivity contribution in [2.75, 3.05) is 0 Å². The maximum Gasteiger partial charge on any atom is 0.157 e. The molecular weight excluding hydrogens is 337 g/mol. The van der Waals surface area contributed by atoms with Crippen LogP contribution in [-0.2, 0) is 4.79 Å².